The Balaban J connectivity index is 2.52. The zero-order valence-corrected chi connectivity index (χ0v) is 23.8. The summed E-state index contributed by atoms with van der Waals surface area (Å²) in [5.41, 5.74) is 2.41. The van der Waals surface area contributed by atoms with Crippen molar-refractivity contribution >= 4 is 23.6 Å². The van der Waals surface area contributed by atoms with Gasteiger partial charge in [-0.3, -0.25) is 9.59 Å². The largest absolute Gasteiger partial charge is 0.497 e. The van der Waals surface area contributed by atoms with E-state index >= 15 is 0 Å². The third-order valence-corrected chi connectivity index (χ3v) is 5.69. The topological polar surface area (TPSA) is 97.0 Å². The molecule has 2 N–H and O–H groups in total. The summed E-state index contributed by atoms with van der Waals surface area (Å²) in [6.07, 6.45) is 0.868. The van der Waals surface area contributed by atoms with Gasteiger partial charge in [0.2, 0.25) is 5.91 Å². The summed E-state index contributed by atoms with van der Waals surface area (Å²) in [7, 11) is 1.57. The third kappa shape index (κ3) is 8.64. The molecule has 0 bridgehead atoms. The van der Waals surface area contributed by atoms with Crippen molar-refractivity contribution in [2.45, 2.75) is 66.2 Å². The number of benzene rings is 2. The summed E-state index contributed by atoms with van der Waals surface area (Å²) < 4.78 is 10.6. The van der Waals surface area contributed by atoms with Gasteiger partial charge in [-0.25, -0.2) is 4.79 Å². The van der Waals surface area contributed by atoms with Crippen LogP contribution in [0.4, 0.5) is 10.5 Å². The molecule has 2 rings (SSSR count). The van der Waals surface area contributed by atoms with Crippen LogP contribution in [0.3, 0.4) is 0 Å². The van der Waals surface area contributed by atoms with Crippen LogP contribution < -0.4 is 15.4 Å². The highest BCUT2D eigenvalue weighted by atomic mass is 16.6. The molecule has 0 spiro atoms. The van der Waals surface area contributed by atoms with Crippen LogP contribution >= 0.6 is 0 Å². The van der Waals surface area contributed by atoms with Crippen molar-refractivity contribution in [3.05, 3.63) is 71.8 Å². The lowest BCUT2D eigenvalue weighted by Crippen LogP contribution is -2.54. The highest BCUT2D eigenvalue weighted by Crippen LogP contribution is 2.27. The zero-order chi connectivity index (χ0) is 28.6. The van der Waals surface area contributed by atoms with Crippen molar-refractivity contribution in [1.29, 1.82) is 0 Å². The molecule has 0 aliphatic heterocycles. The minimum Gasteiger partial charge on any atom is -0.497 e. The molecule has 2 unspecified atom stereocenters. The maximum absolute atomic E-state index is 14.0. The number of hydrogen-bond acceptors (Lipinski definition) is 5. The van der Waals surface area contributed by atoms with E-state index < -0.39 is 35.6 Å². The Labute approximate surface area is 226 Å². The molecule has 8 nitrogen and oxygen atoms in total. The van der Waals surface area contributed by atoms with E-state index in [-0.39, 0.29) is 12.5 Å². The monoisotopic (exact) mass is 523 g/mol. The molecule has 0 aliphatic carbocycles. The first-order valence-electron chi connectivity index (χ1n) is 12.7. The number of carbonyl (C=O) groups excluding carboxylic acids is 3. The SMILES string of the molecule is C=CCN(C(=O)C(NC(=O)OC(C)(C)C)C(C)C)C(C(=O)Nc1ccc(OC)cc1)c1cc(C)cc(C)c1. The van der Waals surface area contributed by atoms with E-state index in [2.05, 4.69) is 17.2 Å². The van der Waals surface area contributed by atoms with E-state index in [0.29, 0.717) is 17.0 Å². The van der Waals surface area contributed by atoms with Crippen molar-refractivity contribution in [1.82, 2.24) is 10.2 Å². The molecule has 2 aromatic carbocycles. The lowest BCUT2D eigenvalue weighted by Gasteiger charge is -2.35. The molecule has 2 atom stereocenters. The standard InChI is InChI=1S/C30H41N3O5/c1-10-15-33(28(35)25(19(2)3)32-29(36)38-30(6,7)8)26(22-17-20(4)16-21(5)18-22)27(34)31-23-11-13-24(37-9)14-12-23/h10-14,16-19,25-26H,1,15H2,2-9H3,(H,31,34)(H,32,36). The van der Waals surface area contributed by atoms with Crippen LogP contribution in [0.5, 0.6) is 5.75 Å². The number of amides is 3. The van der Waals surface area contributed by atoms with Crippen molar-refractivity contribution in [2.24, 2.45) is 5.92 Å². The van der Waals surface area contributed by atoms with E-state index in [1.807, 2.05) is 45.9 Å². The Hall–Kier alpha value is -3.81. The summed E-state index contributed by atoms with van der Waals surface area (Å²) in [6.45, 7) is 16.7. The number of nitrogens with zero attached hydrogens (tertiary/aromatic N) is 1. The summed E-state index contributed by atoms with van der Waals surface area (Å²) >= 11 is 0. The van der Waals surface area contributed by atoms with Gasteiger partial charge in [-0.1, -0.05) is 49.2 Å². The molecular weight excluding hydrogens is 482 g/mol. The second-order valence-electron chi connectivity index (χ2n) is 10.7. The summed E-state index contributed by atoms with van der Waals surface area (Å²) in [5.74, 6) is -0.424. The van der Waals surface area contributed by atoms with Gasteiger partial charge in [-0.05, 0) is 70.4 Å². The first-order valence-corrected chi connectivity index (χ1v) is 12.7. The second-order valence-corrected chi connectivity index (χ2v) is 10.7. The predicted octanol–water partition coefficient (Wildman–Crippen LogP) is 5.56. The van der Waals surface area contributed by atoms with Crippen molar-refractivity contribution in [3.63, 3.8) is 0 Å². The van der Waals surface area contributed by atoms with E-state index in [1.54, 1.807) is 58.2 Å². The first kappa shape index (κ1) is 30.4. The van der Waals surface area contributed by atoms with Crippen LogP contribution in [0.15, 0.2) is 55.1 Å². The molecule has 0 saturated heterocycles. The first-order chi connectivity index (χ1) is 17.7. The van der Waals surface area contributed by atoms with Crippen LogP contribution in [-0.4, -0.2) is 48.1 Å². The number of alkyl carbamates (subject to hydrolysis) is 1. The molecule has 0 aromatic heterocycles. The van der Waals surface area contributed by atoms with Crippen molar-refractivity contribution in [2.75, 3.05) is 19.0 Å². The van der Waals surface area contributed by atoms with Gasteiger partial charge in [0.15, 0.2) is 0 Å². The lowest BCUT2D eigenvalue weighted by atomic mass is 9.96. The van der Waals surface area contributed by atoms with E-state index in [1.165, 1.54) is 4.90 Å². The molecule has 38 heavy (non-hydrogen) atoms. The van der Waals surface area contributed by atoms with E-state index in [9.17, 15) is 14.4 Å². The minimum atomic E-state index is -0.983. The molecule has 3 amide bonds. The fraction of sp³-hybridized carbons (Fsp3) is 0.433. The maximum Gasteiger partial charge on any atom is 0.408 e. The highest BCUT2D eigenvalue weighted by molar-refractivity contribution is 5.99. The summed E-state index contributed by atoms with van der Waals surface area (Å²) in [5, 5.41) is 5.64. The maximum atomic E-state index is 14.0. The van der Waals surface area contributed by atoms with Crippen LogP contribution in [0.1, 0.15) is 57.4 Å². The number of carbonyl (C=O) groups is 3. The average Bonchev–Trinajstić information content (AvgIpc) is 2.80. The smallest absolute Gasteiger partial charge is 0.408 e. The Morgan fingerprint density at radius 1 is 1.03 bits per heavy atom. The van der Waals surface area contributed by atoms with Gasteiger partial charge in [-0.2, -0.15) is 0 Å². The van der Waals surface area contributed by atoms with Gasteiger partial charge in [0.25, 0.3) is 5.91 Å². The fourth-order valence-electron chi connectivity index (χ4n) is 4.11. The third-order valence-electron chi connectivity index (χ3n) is 5.69. The molecule has 0 heterocycles. The van der Waals surface area contributed by atoms with Gasteiger partial charge >= 0.3 is 6.09 Å². The molecule has 206 valence electrons. The van der Waals surface area contributed by atoms with E-state index in [0.717, 1.165) is 11.1 Å². The fourth-order valence-corrected chi connectivity index (χ4v) is 4.11. The molecule has 2 aromatic rings. The van der Waals surface area contributed by atoms with Crippen molar-refractivity contribution < 1.29 is 23.9 Å². The molecule has 0 radical (unpaired) electrons. The number of anilines is 1. The van der Waals surface area contributed by atoms with Gasteiger partial charge in [0, 0.05) is 12.2 Å². The van der Waals surface area contributed by atoms with Crippen LogP contribution in [-0.2, 0) is 14.3 Å². The zero-order valence-electron chi connectivity index (χ0n) is 23.8. The average molecular weight is 524 g/mol. The van der Waals surface area contributed by atoms with Gasteiger partial charge in [0.1, 0.15) is 23.4 Å². The second kappa shape index (κ2) is 13.1. The molecule has 0 aliphatic rings. The van der Waals surface area contributed by atoms with Crippen LogP contribution in [0, 0.1) is 19.8 Å². The molecule has 0 fully saturated rings. The van der Waals surface area contributed by atoms with Crippen molar-refractivity contribution in [3.8, 4) is 5.75 Å². The lowest BCUT2D eigenvalue weighted by molar-refractivity contribution is -0.141. The van der Waals surface area contributed by atoms with E-state index in [4.69, 9.17) is 9.47 Å². The number of rotatable bonds is 10. The number of hydrogen-bond donors (Lipinski definition) is 2. The highest BCUT2D eigenvalue weighted by Gasteiger charge is 2.37. The van der Waals surface area contributed by atoms with Gasteiger partial charge in [0.05, 0.1) is 7.11 Å². The molecule has 8 heteroatoms. The number of nitrogens with one attached hydrogen (secondary N) is 2. The Morgan fingerprint density at radius 3 is 2.08 bits per heavy atom. The Morgan fingerprint density at radius 2 is 1.61 bits per heavy atom. The van der Waals surface area contributed by atoms with Gasteiger partial charge < -0.3 is 25.0 Å². The van der Waals surface area contributed by atoms with Crippen LogP contribution in [0.25, 0.3) is 0 Å². The molecule has 0 saturated carbocycles. The van der Waals surface area contributed by atoms with Gasteiger partial charge in [-0.15, -0.1) is 6.58 Å². The molecular formula is C30H41N3O5. The Bertz CT molecular complexity index is 1120. The summed E-state index contributed by atoms with van der Waals surface area (Å²) in [6, 6.07) is 10.8. The number of ether oxygens (including phenoxy) is 2. The normalized spacial score (nSPS) is 12.8. The quantitative estimate of drug-likeness (QED) is 0.398. The number of aryl methyl sites for hydroxylation is 2. The number of methoxy groups -OCH3 is 1. The minimum absolute atomic E-state index is 0.0890. The Kier molecular flexibility index (Phi) is 10.5. The summed E-state index contributed by atoms with van der Waals surface area (Å²) in [4.78, 5) is 41.9. The van der Waals surface area contributed by atoms with Crippen LogP contribution in [0.2, 0.25) is 0 Å². The predicted molar refractivity (Wildman–Crippen MR) is 150 cm³/mol.